The largest absolute Gasteiger partial charge is 0.493 e. The highest BCUT2D eigenvalue weighted by atomic mass is 16.5. The molecule has 7 nitrogen and oxygen atoms in total. The summed E-state index contributed by atoms with van der Waals surface area (Å²) in [6, 6.07) is 0. The molecule has 3 fully saturated rings. The molecule has 162 valence electrons. The Bertz CT molecular complexity index is 773. The minimum absolute atomic E-state index is 0.00640. The highest BCUT2D eigenvalue weighted by Gasteiger charge is 2.75. The second-order valence-electron chi connectivity index (χ2n) is 10.00. The van der Waals surface area contributed by atoms with E-state index in [1.807, 2.05) is 26.8 Å². The van der Waals surface area contributed by atoms with E-state index in [0.29, 0.717) is 12.2 Å². The van der Waals surface area contributed by atoms with Crippen molar-refractivity contribution in [3.63, 3.8) is 0 Å². The lowest BCUT2D eigenvalue weighted by Gasteiger charge is -2.69. The lowest BCUT2D eigenvalue weighted by Crippen LogP contribution is -2.77. The van der Waals surface area contributed by atoms with Gasteiger partial charge in [0.25, 0.3) is 0 Å². The number of hydrogen-bond donors (Lipinski definition) is 2. The average Bonchev–Trinajstić information content (AvgIpc) is 2.63. The Kier molecular flexibility index (Phi) is 4.51. The summed E-state index contributed by atoms with van der Waals surface area (Å²) >= 11 is 0. The average molecular weight is 408 g/mol. The first-order valence-electron chi connectivity index (χ1n) is 10.4. The second-order valence-corrected chi connectivity index (χ2v) is 10.00. The molecule has 0 aromatic rings. The van der Waals surface area contributed by atoms with E-state index in [4.69, 9.17) is 14.2 Å². The third-order valence-corrected chi connectivity index (χ3v) is 8.81. The number of rotatable bonds is 2. The van der Waals surface area contributed by atoms with Gasteiger partial charge in [0, 0.05) is 29.8 Å². The van der Waals surface area contributed by atoms with Gasteiger partial charge < -0.3 is 24.4 Å². The van der Waals surface area contributed by atoms with Crippen molar-refractivity contribution in [3.05, 3.63) is 11.8 Å². The molecule has 7 heteroatoms. The monoisotopic (exact) mass is 408 g/mol. The van der Waals surface area contributed by atoms with Crippen LogP contribution in [0.5, 0.6) is 0 Å². The molecule has 1 saturated heterocycles. The first kappa shape index (κ1) is 20.8. The Morgan fingerprint density at radius 3 is 2.45 bits per heavy atom. The van der Waals surface area contributed by atoms with Gasteiger partial charge in [0.1, 0.15) is 12.2 Å². The van der Waals surface area contributed by atoms with E-state index in [9.17, 15) is 19.8 Å². The van der Waals surface area contributed by atoms with E-state index >= 15 is 0 Å². The van der Waals surface area contributed by atoms with Crippen LogP contribution in [0.3, 0.4) is 0 Å². The summed E-state index contributed by atoms with van der Waals surface area (Å²) in [7, 11) is 2.93. The summed E-state index contributed by atoms with van der Waals surface area (Å²) in [6.07, 6.45) is -0.141. The summed E-state index contributed by atoms with van der Waals surface area (Å²) in [5.74, 6) is -1.37. The molecular formula is C22H32O7. The molecule has 0 aromatic heterocycles. The van der Waals surface area contributed by atoms with Crippen LogP contribution in [0, 0.1) is 34.5 Å². The van der Waals surface area contributed by atoms with Crippen LogP contribution in [0.25, 0.3) is 0 Å². The van der Waals surface area contributed by atoms with Gasteiger partial charge >= 0.3 is 5.97 Å². The molecule has 2 N–H and O–H groups in total. The van der Waals surface area contributed by atoms with Crippen LogP contribution < -0.4 is 0 Å². The second kappa shape index (κ2) is 6.28. The van der Waals surface area contributed by atoms with Gasteiger partial charge in [0.15, 0.2) is 5.76 Å². The van der Waals surface area contributed by atoms with Gasteiger partial charge in [0.05, 0.1) is 25.2 Å². The number of aliphatic hydroxyl groups excluding tert-OH is 1. The van der Waals surface area contributed by atoms with Gasteiger partial charge in [-0.1, -0.05) is 20.8 Å². The van der Waals surface area contributed by atoms with Crippen molar-refractivity contribution in [3.8, 4) is 0 Å². The third kappa shape index (κ3) is 2.35. The standard InChI is InChI=1S/C22H32O7/c1-10-7-12(27-5)18(25)20(2)11(10)8-14-21(3)13(9-15(23)29-14)22(4,26)19(28-6)16(24)17(20)21/h7,10-11,13-14,16-17,19,24,26H,8-9H2,1-6H3/t10-,11+,13?,14-,16+,17?,19?,20+,21-,22+/m1/s1. The van der Waals surface area contributed by atoms with Crippen molar-refractivity contribution in [2.24, 2.45) is 34.5 Å². The minimum atomic E-state index is -1.44. The van der Waals surface area contributed by atoms with E-state index in [0.717, 1.165) is 0 Å². The highest BCUT2D eigenvalue weighted by molar-refractivity contribution is 5.99. The first-order valence-corrected chi connectivity index (χ1v) is 10.4. The lowest BCUT2D eigenvalue weighted by atomic mass is 9.37. The van der Waals surface area contributed by atoms with E-state index in [2.05, 4.69) is 0 Å². The number of allylic oxidation sites excluding steroid dienone is 2. The molecule has 10 atom stereocenters. The van der Waals surface area contributed by atoms with Crippen LogP contribution in [0.1, 0.15) is 40.5 Å². The number of carbonyl (C=O) groups excluding carboxylic acids is 2. The van der Waals surface area contributed by atoms with Crippen LogP contribution in [0.15, 0.2) is 11.8 Å². The Morgan fingerprint density at radius 1 is 1.21 bits per heavy atom. The summed E-state index contributed by atoms with van der Waals surface area (Å²) in [5.41, 5.74) is -3.15. The fraction of sp³-hybridized carbons (Fsp3) is 0.818. The van der Waals surface area contributed by atoms with Crippen LogP contribution >= 0.6 is 0 Å². The van der Waals surface area contributed by atoms with E-state index in [1.165, 1.54) is 14.2 Å². The van der Waals surface area contributed by atoms with Crippen molar-refractivity contribution < 1.29 is 34.0 Å². The molecule has 0 radical (unpaired) electrons. The number of carbonyl (C=O) groups is 2. The molecular weight excluding hydrogens is 376 g/mol. The van der Waals surface area contributed by atoms with Gasteiger partial charge in [-0.2, -0.15) is 0 Å². The Labute approximate surface area is 171 Å². The van der Waals surface area contributed by atoms with Gasteiger partial charge in [-0.05, 0) is 31.3 Å². The number of methoxy groups -OCH3 is 2. The number of ether oxygens (including phenoxy) is 3. The van der Waals surface area contributed by atoms with Crippen LogP contribution in [0.2, 0.25) is 0 Å². The smallest absolute Gasteiger partial charge is 0.306 e. The Hall–Kier alpha value is -1.44. The number of esters is 1. The highest BCUT2D eigenvalue weighted by Crippen LogP contribution is 2.68. The number of aliphatic hydroxyl groups is 2. The number of hydrogen-bond acceptors (Lipinski definition) is 7. The van der Waals surface area contributed by atoms with Crippen LogP contribution in [0.4, 0.5) is 0 Å². The molecule has 0 bridgehead atoms. The quantitative estimate of drug-likeness (QED) is 0.667. The van der Waals surface area contributed by atoms with Gasteiger partial charge in [-0.3, -0.25) is 9.59 Å². The molecule has 1 aliphatic heterocycles. The maximum Gasteiger partial charge on any atom is 0.306 e. The fourth-order valence-corrected chi connectivity index (χ4v) is 7.60. The van der Waals surface area contributed by atoms with E-state index in [1.54, 1.807) is 6.92 Å². The third-order valence-electron chi connectivity index (χ3n) is 8.81. The summed E-state index contributed by atoms with van der Waals surface area (Å²) in [5, 5.41) is 22.9. The van der Waals surface area contributed by atoms with Gasteiger partial charge in [-0.15, -0.1) is 0 Å². The van der Waals surface area contributed by atoms with E-state index < -0.39 is 46.6 Å². The predicted molar refractivity (Wildman–Crippen MR) is 102 cm³/mol. The maximum atomic E-state index is 13.6. The summed E-state index contributed by atoms with van der Waals surface area (Å²) in [6.45, 7) is 7.50. The van der Waals surface area contributed by atoms with Crippen LogP contribution in [-0.2, 0) is 23.8 Å². The molecule has 4 aliphatic rings. The van der Waals surface area contributed by atoms with Crippen molar-refractivity contribution in [1.29, 1.82) is 0 Å². The molecule has 29 heavy (non-hydrogen) atoms. The normalized spacial score (nSPS) is 54.1. The van der Waals surface area contributed by atoms with Crippen molar-refractivity contribution in [2.75, 3.05) is 14.2 Å². The first-order chi connectivity index (χ1) is 13.4. The summed E-state index contributed by atoms with van der Waals surface area (Å²) in [4.78, 5) is 26.1. The molecule has 0 aromatic carbocycles. The molecule has 3 aliphatic carbocycles. The maximum absolute atomic E-state index is 13.6. The van der Waals surface area contributed by atoms with Crippen molar-refractivity contribution >= 4 is 11.8 Å². The minimum Gasteiger partial charge on any atom is -0.493 e. The Balaban J connectivity index is 1.96. The molecule has 1 heterocycles. The van der Waals surface area contributed by atoms with Gasteiger partial charge in [-0.25, -0.2) is 0 Å². The Morgan fingerprint density at radius 2 is 1.86 bits per heavy atom. The SMILES string of the molecule is COC1=C[C@@H](C)[C@@H]2C[C@H]3OC(=O)CC4[C@](C)(O)C(OC)[C@@H](O)C([C@]43C)[C@@]2(C)C1=O. The molecule has 2 saturated carbocycles. The number of Topliss-reactive ketones (excluding diaryl/α,β-unsaturated/α-hetero) is 1. The van der Waals surface area contributed by atoms with E-state index in [-0.39, 0.29) is 30.0 Å². The van der Waals surface area contributed by atoms with Crippen molar-refractivity contribution in [1.82, 2.24) is 0 Å². The zero-order valence-corrected chi connectivity index (χ0v) is 18.0. The van der Waals surface area contributed by atoms with Gasteiger partial charge in [0.2, 0.25) is 5.78 Å². The molecule has 0 spiro atoms. The number of ketones is 1. The fourth-order valence-electron chi connectivity index (χ4n) is 7.60. The zero-order valence-electron chi connectivity index (χ0n) is 18.0. The van der Waals surface area contributed by atoms with Crippen molar-refractivity contribution in [2.45, 2.75) is 64.4 Å². The molecule has 4 rings (SSSR count). The number of fused-ring (bicyclic) bond motifs is 2. The zero-order chi connectivity index (χ0) is 21.5. The molecule has 3 unspecified atom stereocenters. The van der Waals surface area contributed by atoms with Crippen LogP contribution in [-0.4, -0.2) is 60.1 Å². The lowest BCUT2D eigenvalue weighted by molar-refractivity contribution is -0.315. The predicted octanol–water partition coefficient (Wildman–Crippen LogP) is 1.46. The topological polar surface area (TPSA) is 102 Å². The molecule has 0 amide bonds. The summed E-state index contributed by atoms with van der Waals surface area (Å²) < 4.78 is 16.8.